The summed E-state index contributed by atoms with van der Waals surface area (Å²) in [5, 5.41) is 11.9. The topological polar surface area (TPSA) is 72.7 Å². The van der Waals surface area contributed by atoms with Crippen molar-refractivity contribution in [2.45, 2.75) is 13.5 Å². The van der Waals surface area contributed by atoms with Gasteiger partial charge in [0.15, 0.2) is 5.65 Å². The highest BCUT2D eigenvalue weighted by atomic mass is 35.5. The van der Waals surface area contributed by atoms with Crippen LogP contribution in [-0.4, -0.2) is 25.9 Å². The van der Waals surface area contributed by atoms with Crippen molar-refractivity contribution in [3.63, 3.8) is 0 Å². The van der Waals surface area contributed by atoms with Crippen molar-refractivity contribution in [2.75, 3.05) is 0 Å². The van der Waals surface area contributed by atoms with Crippen molar-refractivity contribution in [1.82, 2.24) is 25.3 Å². The van der Waals surface area contributed by atoms with Gasteiger partial charge in [0, 0.05) is 23.3 Å². The Labute approximate surface area is 160 Å². The lowest BCUT2D eigenvalue weighted by Gasteiger charge is -2.09. The van der Waals surface area contributed by atoms with E-state index in [9.17, 15) is 4.79 Å². The molecule has 0 fully saturated rings. The molecule has 0 atom stereocenters. The third kappa shape index (κ3) is 3.52. The first-order valence-electron chi connectivity index (χ1n) is 8.42. The molecule has 0 radical (unpaired) electrons. The molecule has 2 aromatic heterocycles. The molecule has 4 rings (SSSR count). The molecule has 1 amide bonds. The number of rotatable bonds is 4. The van der Waals surface area contributed by atoms with E-state index in [0.29, 0.717) is 22.8 Å². The van der Waals surface area contributed by atoms with Crippen LogP contribution >= 0.6 is 11.6 Å². The monoisotopic (exact) mass is 377 g/mol. The highest BCUT2D eigenvalue weighted by molar-refractivity contribution is 6.30. The molecule has 0 unspecified atom stereocenters. The molecule has 0 aliphatic heterocycles. The molecule has 0 saturated carbocycles. The normalized spacial score (nSPS) is 10.9. The number of nitrogens with zero attached hydrogens (tertiary/aromatic N) is 4. The van der Waals surface area contributed by atoms with Gasteiger partial charge in [0.1, 0.15) is 5.52 Å². The van der Waals surface area contributed by atoms with Gasteiger partial charge in [0.25, 0.3) is 5.91 Å². The summed E-state index contributed by atoms with van der Waals surface area (Å²) in [6.07, 6.45) is 1.70. The summed E-state index contributed by atoms with van der Waals surface area (Å²) in [6.45, 7) is 2.37. The summed E-state index contributed by atoms with van der Waals surface area (Å²) >= 11 is 5.88. The number of halogens is 1. The molecule has 0 spiro atoms. The second kappa shape index (κ2) is 7.17. The van der Waals surface area contributed by atoms with E-state index in [1.807, 2.05) is 43.3 Å². The lowest BCUT2D eigenvalue weighted by atomic mass is 10.1. The Kier molecular flexibility index (Phi) is 4.56. The van der Waals surface area contributed by atoms with E-state index >= 15 is 0 Å². The van der Waals surface area contributed by atoms with E-state index in [-0.39, 0.29) is 5.91 Å². The van der Waals surface area contributed by atoms with E-state index in [1.165, 1.54) is 0 Å². The lowest BCUT2D eigenvalue weighted by Crippen LogP contribution is -2.23. The van der Waals surface area contributed by atoms with Gasteiger partial charge in [-0.2, -0.15) is 4.68 Å². The van der Waals surface area contributed by atoms with Crippen LogP contribution in [0.3, 0.4) is 0 Å². The maximum Gasteiger partial charge on any atom is 0.251 e. The van der Waals surface area contributed by atoms with Gasteiger partial charge >= 0.3 is 0 Å². The van der Waals surface area contributed by atoms with E-state index in [2.05, 4.69) is 20.6 Å². The van der Waals surface area contributed by atoms with Gasteiger partial charge in [-0.15, -0.1) is 5.10 Å². The summed E-state index contributed by atoms with van der Waals surface area (Å²) in [6, 6.07) is 16.5. The molecule has 1 N–H and O–H groups in total. The Balaban J connectivity index is 1.54. The summed E-state index contributed by atoms with van der Waals surface area (Å²) in [7, 11) is 0. The minimum atomic E-state index is -0.138. The first kappa shape index (κ1) is 17.2. The highest BCUT2D eigenvalue weighted by Crippen LogP contribution is 2.19. The molecule has 0 bridgehead atoms. The predicted molar refractivity (Wildman–Crippen MR) is 104 cm³/mol. The van der Waals surface area contributed by atoms with Crippen molar-refractivity contribution in [2.24, 2.45) is 0 Å². The van der Waals surface area contributed by atoms with Crippen molar-refractivity contribution >= 4 is 28.7 Å². The quantitative estimate of drug-likeness (QED) is 0.588. The average molecular weight is 378 g/mol. The first-order chi connectivity index (χ1) is 13.1. The third-order valence-electron chi connectivity index (χ3n) is 4.26. The zero-order chi connectivity index (χ0) is 18.8. The number of hydrogen-bond acceptors (Lipinski definition) is 4. The van der Waals surface area contributed by atoms with E-state index in [1.54, 1.807) is 29.1 Å². The summed E-state index contributed by atoms with van der Waals surface area (Å²) in [5.41, 5.74) is 4.73. The zero-order valence-corrected chi connectivity index (χ0v) is 15.3. The molecule has 0 aliphatic rings. The average Bonchev–Trinajstić information content (AvgIpc) is 3.11. The van der Waals surface area contributed by atoms with Crippen molar-refractivity contribution in [3.05, 3.63) is 82.5 Å². The number of aryl methyl sites for hydroxylation is 1. The first-order valence-corrected chi connectivity index (χ1v) is 8.80. The van der Waals surface area contributed by atoms with Crippen LogP contribution in [0.15, 0.2) is 60.8 Å². The van der Waals surface area contributed by atoms with Crippen LogP contribution in [-0.2, 0) is 6.54 Å². The molecule has 134 valence electrons. The Hall–Kier alpha value is -3.25. The van der Waals surface area contributed by atoms with Gasteiger partial charge in [-0.1, -0.05) is 28.9 Å². The van der Waals surface area contributed by atoms with Crippen LogP contribution in [0.4, 0.5) is 0 Å². The predicted octanol–water partition coefficient (Wildman–Crippen LogP) is 3.71. The largest absolute Gasteiger partial charge is 0.348 e. The van der Waals surface area contributed by atoms with E-state index in [0.717, 1.165) is 22.3 Å². The van der Waals surface area contributed by atoms with Gasteiger partial charge in [-0.05, 0) is 60.5 Å². The van der Waals surface area contributed by atoms with Crippen LogP contribution in [0.2, 0.25) is 5.02 Å². The molecule has 4 aromatic rings. The summed E-state index contributed by atoms with van der Waals surface area (Å²) < 4.78 is 1.68. The van der Waals surface area contributed by atoms with Crippen molar-refractivity contribution in [3.8, 4) is 5.69 Å². The number of nitrogens with one attached hydrogen (secondary N) is 1. The fourth-order valence-electron chi connectivity index (χ4n) is 2.85. The Bertz CT molecular complexity index is 1120. The van der Waals surface area contributed by atoms with Gasteiger partial charge in [0.2, 0.25) is 0 Å². The van der Waals surface area contributed by atoms with Gasteiger partial charge in [0.05, 0.1) is 5.69 Å². The van der Waals surface area contributed by atoms with Crippen LogP contribution in [0.1, 0.15) is 21.5 Å². The number of carbonyl (C=O) groups is 1. The van der Waals surface area contributed by atoms with E-state index in [4.69, 9.17) is 11.6 Å². The molecule has 2 aromatic carbocycles. The van der Waals surface area contributed by atoms with E-state index < -0.39 is 0 Å². The Morgan fingerprint density at radius 1 is 1.15 bits per heavy atom. The minimum Gasteiger partial charge on any atom is -0.348 e. The maximum absolute atomic E-state index is 12.5. The standard InChI is InChI=1S/C20H16ClN5O/c1-13-11-15(20(27)23-12-14-4-7-16(21)8-5-14)6-9-18(13)26-19-17(24-25-26)3-2-10-22-19/h2-11H,12H2,1H3,(H,23,27). The van der Waals surface area contributed by atoms with Gasteiger partial charge in [-0.3, -0.25) is 4.79 Å². The number of aromatic nitrogens is 4. The summed E-state index contributed by atoms with van der Waals surface area (Å²) in [5.74, 6) is -0.138. The minimum absolute atomic E-state index is 0.138. The Morgan fingerprint density at radius 3 is 2.74 bits per heavy atom. The van der Waals surface area contributed by atoms with Crippen molar-refractivity contribution in [1.29, 1.82) is 0 Å². The number of pyridine rings is 1. The fourth-order valence-corrected chi connectivity index (χ4v) is 2.97. The van der Waals surface area contributed by atoms with Crippen LogP contribution in [0, 0.1) is 6.92 Å². The number of hydrogen-bond donors (Lipinski definition) is 1. The highest BCUT2D eigenvalue weighted by Gasteiger charge is 2.12. The van der Waals surface area contributed by atoms with Crippen molar-refractivity contribution < 1.29 is 4.79 Å². The molecule has 27 heavy (non-hydrogen) atoms. The van der Waals surface area contributed by atoms with Gasteiger partial charge < -0.3 is 5.32 Å². The molecule has 6 nitrogen and oxygen atoms in total. The molecular formula is C20H16ClN5O. The maximum atomic E-state index is 12.5. The molecule has 7 heteroatoms. The Morgan fingerprint density at radius 2 is 1.96 bits per heavy atom. The SMILES string of the molecule is Cc1cc(C(=O)NCc2ccc(Cl)cc2)ccc1-n1nnc2cccnc21. The second-order valence-electron chi connectivity index (χ2n) is 6.16. The van der Waals surface area contributed by atoms with Crippen LogP contribution in [0.25, 0.3) is 16.9 Å². The molecule has 2 heterocycles. The smallest absolute Gasteiger partial charge is 0.251 e. The molecule has 0 aliphatic carbocycles. The van der Waals surface area contributed by atoms with Crippen LogP contribution < -0.4 is 5.32 Å². The fraction of sp³-hybridized carbons (Fsp3) is 0.100. The number of amides is 1. The number of benzene rings is 2. The van der Waals surface area contributed by atoms with Gasteiger partial charge in [-0.25, -0.2) is 4.98 Å². The zero-order valence-electron chi connectivity index (χ0n) is 14.6. The second-order valence-corrected chi connectivity index (χ2v) is 6.59. The van der Waals surface area contributed by atoms with Crippen LogP contribution in [0.5, 0.6) is 0 Å². The third-order valence-corrected chi connectivity index (χ3v) is 4.51. The lowest BCUT2D eigenvalue weighted by molar-refractivity contribution is 0.0951. The summed E-state index contributed by atoms with van der Waals surface area (Å²) in [4.78, 5) is 16.8. The number of fused-ring (bicyclic) bond motifs is 1. The number of carbonyl (C=O) groups excluding carboxylic acids is 1. The molecular weight excluding hydrogens is 362 g/mol. The molecule has 0 saturated heterocycles.